The minimum Gasteiger partial charge on any atom is -0.462 e. The number of carbonyl (C=O) groups excluding carboxylic acids is 1. The maximum absolute atomic E-state index is 12.9. The number of allylic oxidation sites excluding steroid dienone is 2. The summed E-state index contributed by atoms with van der Waals surface area (Å²) in [7, 11) is 0. The number of benzene rings is 1. The van der Waals surface area contributed by atoms with Gasteiger partial charge in [0.2, 0.25) is 0 Å². The molecular weight excluding hydrogens is 389 g/mol. The molecule has 31 heavy (non-hydrogen) atoms. The molecule has 1 aromatic carbocycles. The molecule has 0 N–H and O–H groups in total. The summed E-state index contributed by atoms with van der Waals surface area (Å²) < 4.78 is 18.7. The Morgan fingerprint density at radius 1 is 1.10 bits per heavy atom. The number of hydrogen-bond acceptors (Lipinski definition) is 3. The van der Waals surface area contributed by atoms with Crippen molar-refractivity contribution >= 4 is 5.97 Å². The van der Waals surface area contributed by atoms with Gasteiger partial charge < -0.3 is 4.74 Å². The van der Waals surface area contributed by atoms with E-state index in [0.29, 0.717) is 18.3 Å². The standard InChI is InChI=1S/C27H36FNO2/c1-2-4-20-7-11-22(12-8-20)23-13-15-24(16-14-23)27(30)31-26-17-9-21(10-18-26)5-3-6-25(28)19-29/h6-8,11-12,21,23-24,26H,2-5,9-10,13-18H2,1H3/t21-,23-,24-,26-. The summed E-state index contributed by atoms with van der Waals surface area (Å²) in [4.78, 5) is 12.7. The smallest absolute Gasteiger partial charge is 0.309 e. The second-order valence-electron chi connectivity index (χ2n) is 9.36. The van der Waals surface area contributed by atoms with Crippen LogP contribution in [-0.4, -0.2) is 12.1 Å². The Labute approximate surface area is 186 Å². The summed E-state index contributed by atoms with van der Waals surface area (Å²) in [5, 5.41) is 8.46. The highest BCUT2D eigenvalue weighted by Gasteiger charge is 2.31. The number of halogens is 1. The monoisotopic (exact) mass is 425 g/mol. The molecule has 3 nitrogen and oxygen atoms in total. The van der Waals surface area contributed by atoms with Crippen molar-refractivity contribution in [1.29, 1.82) is 5.26 Å². The summed E-state index contributed by atoms with van der Waals surface area (Å²) in [6.07, 6.45) is 13.0. The first-order chi connectivity index (χ1) is 15.1. The van der Waals surface area contributed by atoms with E-state index in [9.17, 15) is 9.18 Å². The van der Waals surface area contributed by atoms with Crippen LogP contribution in [-0.2, 0) is 16.0 Å². The third-order valence-electron chi connectivity index (χ3n) is 7.13. The fraction of sp³-hybridized carbons (Fsp3) is 0.630. The van der Waals surface area contributed by atoms with Crippen molar-refractivity contribution in [3.63, 3.8) is 0 Å². The summed E-state index contributed by atoms with van der Waals surface area (Å²) >= 11 is 0. The molecule has 0 radical (unpaired) electrons. The van der Waals surface area contributed by atoms with Crippen LogP contribution in [0.2, 0.25) is 0 Å². The molecule has 0 aliphatic heterocycles. The van der Waals surface area contributed by atoms with Gasteiger partial charge >= 0.3 is 5.97 Å². The molecule has 0 bridgehead atoms. The first-order valence-corrected chi connectivity index (χ1v) is 12.1. The fourth-order valence-electron chi connectivity index (χ4n) is 5.20. The Morgan fingerprint density at radius 2 is 1.77 bits per heavy atom. The van der Waals surface area contributed by atoms with Crippen LogP contribution < -0.4 is 0 Å². The zero-order chi connectivity index (χ0) is 22.1. The molecule has 0 aromatic heterocycles. The van der Waals surface area contributed by atoms with E-state index in [1.165, 1.54) is 29.7 Å². The predicted molar refractivity (Wildman–Crippen MR) is 121 cm³/mol. The topological polar surface area (TPSA) is 50.1 Å². The van der Waals surface area contributed by atoms with Crippen molar-refractivity contribution in [2.24, 2.45) is 11.8 Å². The fourth-order valence-corrected chi connectivity index (χ4v) is 5.20. The van der Waals surface area contributed by atoms with Crippen molar-refractivity contribution in [3.05, 3.63) is 47.3 Å². The minimum absolute atomic E-state index is 0.000724. The number of carbonyl (C=O) groups is 1. The maximum Gasteiger partial charge on any atom is 0.309 e. The van der Waals surface area contributed by atoms with Crippen molar-refractivity contribution in [1.82, 2.24) is 0 Å². The lowest BCUT2D eigenvalue weighted by molar-refractivity contribution is -0.157. The lowest BCUT2D eigenvalue weighted by Gasteiger charge is -2.31. The number of nitrogens with zero attached hydrogens (tertiary/aromatic N) is 1. The largest absolute Gasteiger partial charge is 0.462 e. The van der Waals surface area contributed by atoms with Gasteiger partial charge in [-0.15, -0.1) is 0 Å². The Morgan fingerprint density at radius 3 is 2.39 bits per heavy atom. The molecule has 0 atom stereocenters. The highest BCUT2D eigenvalue weighted by Crippen LogP contribution is 2.37. The van der Waals surface area contributed by atoms with Gasteiger partial charge in [0.1, 0.15) is 12.2 Å². The van der Waals surface area contributed by atoms with Gasteiger partial charge in [0, 0.05) is 0 Å². The summed E-state index contributed by atoms with van der Waals surface area (Å²) in [6.45, 7) is 2.21. The molecule has 0 heterocycles. The van der Waals surface area contributed by atoms with Crippen LogP contribution in [0.4, 0.5) is 4.39 Å². The van der Waals surface area contributed by atoms with E-state index in [2.05, 4.69) is 31.2 Å². The Bertz CT molecular complexity index is 763. The van der Waals surface area contributed by atoms with E-state index >= 15 is 0 Å². The molecule has 0 amide bonds. The van der Waals surface area contributed by atoms with Crippen LogP contribution >= 0.6 is 0 Å². The normalized spacial score (nSPS) is 26.8. The summed E-state index contributed by atoms with van der Waals surface area (Å²) in [5.74, 6) is 0.462. The van der Waals surface area contributed by atoms with Crippen LogP contribution in [0.25, 0.3) is 0 Å². The lowest BCUT2D eigenvalue weighted by Crippen LogP contribution is -2.29. The van der Waals surface area contributed by atoms with Crippen LogP contribution in [0.1, 0.15) is 94.6 Å². The van der Waals surface area contributed by atoms with Gasteiger partial charge in [-0.3, -0.25) is 4.79 Å². The minimum atomic E-state index is -0.689. The third kappa shape index (κ3) is 7.20. The zero-order valence-electron chi connectivity index (χ0n) is 18.8. The van der Waals surface area contributed by atoms with E-state index in [0.717, 1.165) is 64.2 Å². The number of rotatable bonds is 8. The molecule has 2 aliphatic rings. The molecule has 3 rings (SSSR count). The number of hydrogen-bond donors (Lipinski definition) is 0. The van der Waals surface area contributed by atoms with E-state index < -0.39 is 5.83 Å². The quantitative estimate of drug-likeness (QED) is 0.328. The average molecular weight is 426 g/mol. The second-order valence-corrected chi connectivity index (χ2v) is 9.36. The first-order valence-electron chi connectivity index (χ1n) is 12.1. The molecule has 4 heteroatoms. The average Bonchev–Trinajstić information content (AvgIpc) is 2.81. The zero-order valence-corrected chi connectivity index (χ0v) is 18.8. The molecule has 1 aromatic rings. The second kappa shape index (κ2) is 12.0. The SMILES string of the molecule is CCCc1ccc([C@H]2CC[C@H](C(=O)O[C@H]3CC[C@H](CCC=C(F)C#N)CC3)CC2)cc1. The van der Waals surface area contributed by atoms with Gasteiger partial charge in [-0.25, -0.2) is 0 Å². The molecular formula is C27H36FNO2. The first kappa shape index (κ1) is 23.5. The summed E-state index contributed by atoms with van der Waals surface area (Å²) in [5.41, 5.74) is 2.82. The number of esters is 1. The van der Waals surface area contributed by atoms with Crippen molar-refractivity contribution in [2.75, 3.05) is 0 Å². The number of ether oxygens (including phenoxy) is 1. The molecule has 0 spiro atoms. The predicted octanol–water partition coefficient (Wildman–Crippen LogP) is 7.17. The Balaban J connectivity index is 1.36. The maximum atomic E-state index is 12.9. The molecule has 2 aliphatic carbocycles. The van der Waals surface area contributed by atoms with Gasteiger partial charge in [-0.1, -0.05) is 37.6 Å². The van der Waals surface area contributed by atoms with Gasteiger partial charge in [0.15, 0.2) is 5.83 Å². The third-order valence-corrected chi connectivity index (χ3v) is 7.13. The van der Waals surface area contributed by atoms with E-state index in [1.54, 1.807) is 0 Å². The van der Waals surface area contributed by atoms with E-state index in [-0.39, 0.29) is 18.0 Å². The Hall–Kier alpha value is -2.15. The van der Waals surface area contributed by atoms with Crippen molar-refractivity contribution < 1.29 is 13.9 Å². The van der Waals surface area contributed by atoms with Gasteiger partial charge in [-0.2, -0.15) is 9.65 Å². The summed E-state index contributed by atoms with van der Waals surface area (Å²) in [6, 6.07) is 10.6. The molecule has 0 unspecified atom stereocenters. The highest BCUT2D eigenvalue weighted by atomic mass is 19.1. The number of aryl methyl sites for hydroxylation is 1. The van der Waals surface area contributed by atoms with Crippen molar-refractivity contribution in [2.45, 2.75) is 96.0 Å². The van der Waals surface area contributed by atoms with Crippen molar-refractivity contribution in [3.8, 4) is 6.07 Å². The number of nitriles is 1. The Kier molecular flexibility index (Phi) is 9.13. The van der Waals surface area contributed by atoms with E-state index in [4.69, 9.17) is 10.00 Å². The molecule has 168 valence electrons. The van der Waals surface area contributed by atoms with Gasteiger partial charge in [-0.05, 0) is 99.7 Å². The van der Waals surface area contributed by atoms with Gasteiger partial charge in [0.05, 0.1) is 5.92 Å². The molecule has 2 fully saturated rings. The van der Waals surface area contributed by atoms with Crippen LogP contribution in [0.15, 0.2) is 36.2 Å². The van der Waals surface area contributed by atoms with Crippen LogP contribution in [0, 0.1) is 23.2 Å². The van der Waals surface area contributed by atoms with Crippen LogP contribution in [0.3, 0.4) is 0 Å². The molecule has 2 saturated carbocycles. The lowest BCUT2D eigenvalue weighted by atomic mass is 9.78. The van der Waals surface area contributed by atoms with Crippen LogP contribution in [0.5, 0.6) is 0 Å². The molecule has 0 saturated heterocycles. The highest BCUT2D eigenvalue weighted by molar-refractivity contribution is 5.72. The van der Waals surface area contributed by atoms with Gasteiger partial charge in [0.25, 0.3) is 0 Å². The van der Waals surface area contributed by atoms with E-state index in [1.807, 2.05) is 0 Å².